The maximum absolute atomic E-state index is 10.4. The second kappa shape index (κ2) is 2.65. The number of carbonyl (C=O) groups is 1. The van der Waals surface area contributed by atoms with Crippen molar-refractivity contribution in [3.05, 3.63) is 0 Å². The van der Waals surface area contributed by atoms with E-state index in [1.807, 2.05) is 0 Å². The van der Waals surface area contributed by atoms with Gasteiger partial charge in [0, 0.05) is 0 Å². The zero-order chi connectivity index (χ0) is 8.48. The van der Waals surface area contributed by atoms with Gasteiger partial charge in [0.25, 0.3) is 0 Å². The van der Waals surface area contributed by atoms with Gasteiger partial charge in [0.2, 0.25) is 0 Å². The number of aldehydes is 1. The molecule has 0 aromatic carbocycles. The second-order valence-electron chi connectivity index (χ2n) is 2.82. The standard InChI is InChI=1S/C8H10O3/c1-4-6-7(5-9)11-8(2,3)10-6/h1,5-7H,2-3H3/t6-,7-/m0/s1. The first-order valence-electron chi connectivity index (χ1n) is 3.36. The van der Waals surface area contributed by atoms with Crippen molar-refractivity contribution >= 4 is 6.29 Å². The van der Waals surface area contributed by atoms with Crippen molar-refractivity contribution in [3.63, 3.8) is 0 Å². The molecular formula is C8H10O3. The van der Waals surface area contributed by atoms with Crippen LogP contribution in [0.3, 0.4) is 0 Å². The van der Waals surface area contributed by atoms with Crippen molar-refractivity contribution in [3.8, 4) is 12.3 Å². The fourth-order valence-corrected chi connectivity index (χ4v) is 1.02. The normalized spacial score (nSPS) is 34.6. The van der Waals surface area contributed by atoms with E-state index in [1.54, 1.807) is 13.8 Å². The lowest BCUT2D eigenvalue weighted by Gasteiger charge is -2.14. The molecule has 3 nitrogen and oxygen atoms in total. The highest BCUT2D eigenvalue weighted by Crippen LogP contribution is 2.26. The van der Waals surface area contributed by atoms with Crippen molar-refractivity contribution in [2.24, 2.45) is 0 Å². The van der Waals surface area contributed by atoms with Gasteiger partial charge in [-0.2, -0.15) is 0 Å². The molecule has 0 N–H and O–H groups in total. The van der Waals surface area contributed by atoms with Gasteiger partial charge in [-0.3, -0.25) is 0 Å². The van der Waals surface area contributed by atoms with Gasteiger partial charge in [-0.15, -0.1) is 6.42 Å². The van der Waals surface area contributed by atoms with Gasteiger partial charge in [-0.05, 0) is 13.8 Å². The highest BCUT2D eigenvalue weighted by Gasteiger charge is 2.40. The second-order valence-corrected chi connectivity index (χ2v) is 2.82. The van der Waals surface area contributed by atoms with Crippen LogP contribution in [0, 0.1) is 12.3 Å². The monoisotopic (exact) mass is 154 g/mol. The van der Waals surface area contributed by atoms with Gasteiger partial charge in [-0.25, -0.2) is 0 Å². The van der Waals surface area contributed by atoms with Crippen molar-refractivity contribution in [1.82, 2.24) is 0 Å². The van der Waals surface area contributed by atoms with Crippen LogP contribution in [0.5, 0.6) is 0 Å². The SMILES string of the molecule is C#C[C@@H]1OC(C)(C)O[C@H]1C=O. The first-order chi connectivity index (χ1) is 5.09. The highest BCUT2D eigenvalue weighted by atomic mass is 16.8. The summed E-state index contributed by atoms with van der Waals surface area (Å²) in [5, 5.41) is 0. The predicted molar refractivity (Wildman–Crippen MR) is 38.7 cm³/mol. The molecule has 0 aliphatic carbocycles. The molecule has 0 bridgehead atoms. The number of terminal acetylenes is 1. The molecular weight excluding hydrogens is 144 g/mol. The van der Waals surface area contributed by atoms with E-state index in [0.29, 0.717) is 6.29 Å². The van der Waals surface area contributed by atoms with Crippen molar-refractivity contribution in [1.29, 1.82) is 0 Å². The zero-order valence-corrected chi connectivity index (χ0v) is 6.53. The van der Waals surface area contributed by atoms with Crippen LogP contribution in [0.1, 0.15) is 13.8 Å². The lowest BCUT2D eigenvalue weighted by Crippen LogP contribution is -2.22. The molecule has 1 rings (SSSR count). The minimum absolute atomic E-state index is 0.539. The summed E-state index contributed by atoms with van der Waals surface area (Å²) in [5.74, 6) is 1.61. The maximum Gasteiger partial charge on any atom is 0.165 e. The van der Waals surface area contributed by atoms with E-state index in [4.69, 9.17) is 15.9 Å². The lowest BCUT2D eigenvalue weighted by molar-refractivity contribution is -0.147. The van der Waals surface area contributed by atoms with Gasteiger partial charge < -0.3 is 14.3 Å². The lowest BCUT2D eigenvalue weighted by atomic mass is 10.2. The van der Waals surface area contributed by atoms with Gasteiger partial charge in [0.05, 0.1) is 0 Å². The fraction of sp³-hybridized carbons (Fsp3) is 0.625. The summed E-state index contributed by atoms with van der Waals surface area (Å²) in [5.41, 5.74) is 0. The van der Waals surface area contributed by atoms with E-state index in [9.17, 15) is 4.79 Å². The molecule has 0 amide bonds. The number of rotatable bonds is 1. The van der Waals surface area contributed by atoms with Gasteiger partial charge in [-0.1, -0.05) is 5.92 Å². The molecule has 1 aliphatic rings. The number of ether oxygens (including phenoxy) is 2. The van der Waals surface area contributed by atoms with Crippen molar-refractivity contribution in [2.75, 3.05) is 0 Å². The van der Waals surface area contributed by atoms with Crippen LogP contribution in [0.15, 0.2) is 0 Å². The van der Waals surface area contributed by atoms with Crippen LogP contribution in [-0.4, -0.2) is 24.3 Å². The van der Waals surface area contributed by atoms with Gasteiger partial charge in [0.15, 0.2) is 24.3 Å². The third-order valence-corrected chi connectivity index (χ3v) is 1.43. The molecule has 1 aliphatic heterocycles. The summed E-state index contributed by atoms with van der Waals surface area (Å²) >= 11 is 0. The Morgan fingerprint density at radius 1 is 1.55 bits per heavy atom. The summed E-state index contributed by atoms with van der Waals surface area (Å²) in [6.45, 7) is 3.45. The van der Waals surface area contributed by atoms with Crippen LogP contribution in [0.2, 0.25) is 0 Å². The molecule has 1 heterocycles. The van der Waals surface area contributed by atoms with E-state index in [-0.39, 0.29) is 0 Å². The minimum atomic E-state index is -0.734. The van der Waals surface area contributed by atoms with E-state index in [2.05, 4.69) is 5.92 Å². The Kier molecular flexibility index (Phi) is 1.99. The van der Waals surface area contributed by atoms with Gasteiger partial charge in [0.1, 0.15) is 0 Å². The molecule has 0 unspecified atom stereocenters. The molecule has 0 saturated carbocycles. The fourth-order valence-electron chi connectivity index (χ4n) is 1.02. The number of hydrogen-bond acceptors (Lipinski definition) is 3. The Morgan fingerprint density at radius 3 is 2.55 bits per heavy atom. The third kappa shape index (κ3) is 1.59. The van der Waals surface area contributed by atoms with E-state index < -0.39 is 18.0 Å². The Balaban J connectivity index is 2.71. The Morgan fingerprint density at radius 2 is 2.18 bits per heavy atom. The van der Waals surface area contributed by atoms with Crippen molar-refractivity contribution < 1.29 is 14.3 Å². The quantitative estimate of drug-likeness (QED) is 0.403. The molecule has 60 valence electrons. The molecule has 1 saturated heterocycles. The molecule has 1 fully saturated rings. The van der Waals surface area contributed by atoms with Gasteiger partial charge >= 0.3 is 0 Å². The van der Waals surface area contributed by atoms with E-state index in [0.717, 1.165) is 0 Å². The number of hydrogen-bond donors (Lipinski definition) is 0. The molecule has 0 spiro atoms. The summed E-state index contributed by atoms with van der Waals surface area (Å²) < 4.78 is 10.4. The Bertz CT molecular complexity index is 202. The van der Waals surface area contributed by atoms with E-state index in [1.165, 1.54) is 0 Å². The highest BCUT2D eigenvalue weighted by molar-refractivity contribution is 5.59. The Labute approximate surface area is 65.7 Å². The first-order valence-corrected chi connectivity index (χ1v) is 3.36. The molecule has 11 heavy (non-hydrogen) atoms. The Hall–Kier alpha value is -0.850. The third-order valence-electron chi connectivity index (χ3n) is 1.43. The average Bonchev–Trinajstić information content (AvgIpc) is 2.25. The summed E-state index contributed by atoms with van der Waals surface area (Å²) in [4.78, 5) is 10.4. The molecule has 3 heteroatoms. The number of carbonyl (C=O) groups excluding carboxylic acids is 1. The van der Waals surface area contributed by atoms with Crippen LogP contribution >= 0.6 is 0 Å². The average molecular weight is 154 g/mol. The largest absolute Gasteiger partial charge is 0.336 e. The predicted octanol–water partition coefficient (Wildman–Crippen LogP) is 0.339. The van der Waals surface area contributed by atoms with Crippen LogP contribution in [0.25, 0.3) is 0 Å². The van der Waals surface area contributed by atoms with E-state index >= 15 is 0 Å². The molecule has 0 radical (unpaired) electrons. The molecule has 0 aromatic heterocycles. The summed E-state index contributed by atoms with van der Waals surface area (Å²) in [7, 11) is 0. The van der Waals surface area contributed by atoms with Crippen LogP contribution in [-0.2, 0) is 14.3 Å². The van der Waals surface area contributed by atoms with Crippen LogP contribution < -0.4 is 0 Å². The summed E-state index contributed by atoms with van der Waals surface area (Å²) in [6.07, 6.45) is 4.62. The summed E-state index contributed by atoms with van der Waals surface area (Å²) in [6, 6.07) is 0. The molecule has 2 atom stereocenters. The first kappa shape index (κ1) is 8.25. The maximum atomic E-state index is 10.4. The van der Waals surface area contributed by atoms with Crippen LogP contribution in [0.4, 0.5) is 0 Å². The molecule has 0 aromatic rings. The topological polar surface area (TPSA) is 35.5 Å². The van der Waals surface area contributed by atoms with Crippen molar-refractivity contribution in [2.45, 2.75) is 31.8 Å². The zero-order valence-electron chi connectivity index (χ0n) is 6.53. The minimum Gasteiger partial charge on any atom is -0.336 e. The smallest absolute Gasteiger partial charge is 0.165 e.